The Bertz CT molecular complexity index is 338. The van der Waals surface area contributed by atoms with Crippen LogP contribution in [0.1, 0.15) is 79.1 Å². The van der Waals surface area contributed by atoms with Gasteiger partial charge in [-0.05, 0) is 30.6 Å². The summed E-state index contributed by atoms with van der Waals surface area (Å²) in [5.74, 6) is 2.19. The molecule has 0 aromatic heterocycles. The summed E-state index contributed by atoms with van der Waals surface area (Å²) < 4.78 is 33.5. The van der Waals surface area contributed by atoms with Gasteiger partial charge in [0.1, 0.15) is 0 Å². The SMILES string of the molecule is CC(C)CCCC(C)CCCC(C)CCCOS(=O)(=O)O. The molecule has 0 aliphatic rings. The van der Waals surface area contributed by atoms with Crippen molar-refractivity contribution in [2.75, 3.05) is 6.61 Å². The molecule has 0 spiro atoms. The summed E-state index contributed by atoms with van der Waals surface area (Å²) >= 11 is 0. The van der Waals surface area contributed by atoms with Crippen LogP contribution in [0.25, 0.3) is 0 Å². The molecule has 2 unspecified atom stereocenters. The molecule has 0 saturated heterocycles. The van der Waals surface area contributed by atoms with Crippen LogP contribution in [-0.4, -0.2) is 19.6 Å². The maximum Gasteiger partial charge on any atom is 0.397 e. The van der Waals surface area contributed by atoms with Crippen LogP contribution in [0, 0.1) is 17.8 Å². The zero-order valence-corrected chi connectivity index (χ0v) is 15.0. The van der Waals surface area contributed by atoms with Gasteiger partial charge in [-0.2, -0.15) is 8.42 Å². The van der Waals surface area contributed by atoms with Gasteiger partial charge in [-0.1, -0.05) is 66.2 Å². The van der Waals surface area contributed by atoms with Crippen LogP contribution in [0.3, 0.4) is 0 Å². The van der Waals surface area contributed by atoms with Gasteiger partial charge >= 0.3 is 10.4 Å². The molecule has 0 aliphatic carbocycles. The third-order valence-electron chi connectivity index (χ3n) is 3.95. The predicted molar refractivity (Wildman–Crippen MR) is 87.6 cm³/mol. The average molecular weight is 323 g/mol. The first-order valence-electron chi connectivity index (χ1n) is 8.32. The first kappa shape index (κ1) is 20.9. The molecule has 1 N–H and O–H groups in total. The van der Waals surface area contributed by atoms with E-state index in [1.54, 1.807) is 0 Å². The second-order valence-corrected chi connectivity index (χ2v) is 7.95. The lowest BCUT2D eigenvalue weighted by atomic mass is 9.92. The standard InChI is InChI=1S/C16H34O4S/c1-14(2)8-5-9-15(3)10-6-11-16(4)12-7-13-20-21(17,18)19/h14-16H,5-13H2,1-4H3,(H,17,18,19). The summed E-state index contributed by atoms with van der Waals surface area (Å²) in [7, 11) is -4.27. The zero-order valence-electron chi connectivity index (χ0n) is 14.2. The van der Waals surface area contributed by atoms with Gasteiger partial charge in [0.15, 0.2) is 0 Å². The van der Waals surface area contributed by atoms with E-state index in [9.17, 15) is 8.42 Å². The van der Waals surface area contributed by atoms with Crippen molar-refractivity contribution >= 4 is 10.4 Å². The van der Waals surface area contributed by atoms with Gasteiger partial charge in [-0.3, -0.25) is 4.55 Å². The number of hydrogen-bond acceptors (Lipinski definition) is 3. The highest BCUT2D eigenvalue weighted by molar-refractivity contribution is 7.80. The van der Waals surface area contributed by atoms with E-state index >= 15 is 0 Å². The van der Waals surface area contributed by atoms with Crippen LogP contribution >= 0.6 is 0 Å². The minimum Gasteiger partial charge on any atom is -0.264 e. The molecule has 0 fully saturated rings. The summed E-state index contributed by atoms with van der Waals surface area (Å²) in [6.45, 7) is 9.16. The van der Waals surface area contributed by atoms with Crippen molar-refractivity contribution in [3.8, 4) is 0 Å². The lowest BCUT2D eigenvalue weighted by Gasteiger charge is -2.14. The van der Waals surface area contributed by atoms with E-state index in [0.29, 0.717) is 12.3 Å². The molecule has 0 aromatic carbocycles. The highest BCUT2D eigenvalue weighted by Crippen LogP contribution is 2.20. The van der Waals surface area contributed by atoms with Crippen molar-refractivity contribution in [2.24, 2.45) is 17.8 Å². The normalized spacial score (nSPS) is 15.3. The van der Waals surface area contributed by atoms with Crippen LogP contribution in [0.15, 0.2) is 0 Å². The smallest absolute Gasteiger partial charge is 0.264 e. The summed E-state index contributed by atoms with van der Waals surface area (Å²) in [5, 5.41) is 0. The van der Waals surface area contributed by atoms with Gasteiger partial charge in [-0.15, -0.1) is 0 Å². The molecule has 2 atom stereocenters. The maximum atomic E-state index is 10.4. The second kappa shape index (κ2) is 11.4. The van der Waals surface area contributed by atoms with E-state index in [-0.39, 0.29) is 6.61 Å². The molecule has 0 aromatic rings. The molecular formula is C16H34O4S. The van der Waals surface area contributed by atoms with E-state index in [1.165, 1.54) is 38.5 Å². The Hall–Kier alpha value is -0.130. The minimum absolute atomic E-state index is 0.0782. The van der Waals surface area contributed by atoms with Crippen molar-refractivity contribution in [3.05, 3.63) is 0 Å². The van der Waals surface area contributed by atoms with Gasteiger partial charge in [0.2, 0.25) is 0 Å². The Labute approximate surface area is 131 Å². The first-order valence-corrected chi connectivity index (χ1v) is 9.69. The Morgan fingerprint density at radius 1 is 0.810 bits per heavy atom. The third kappa shape index (κ3) is 16.1. The highest BCUT2D eigenvalue weighted by Gasteiger charge is 2.08. The molecule has 0 bridgehead atoms. The molecule has 21 heavy (non-hydrogen) atoms. The van der Waals surface area contributed by atoms with Crippen molar-refractivity contribution in [1.82, 2.24) is 0 Å². The van der Waals surface area contributed by atoms with Gasteiger partial charge < -0.3 is 0 Å². The molecule has 0 rings (SSSR count). The molecule has 4 nitrogen and oxygen atoms in total. The lowest BCUT2D eigenvalue weighted by molar-refractivity contribution is 0.254. The van der Waals surface area contributed by atoms with E-state index in [0.717, 1.165) is 18.3 Å². The van der Waals surface area contributed by atoms with E-state index in [4.69, 9.17) is 4.55 Å². The molecule has 0 amide bonds. The van der Waals surface area contributed by atoms with Crippen molar-refractivity contribution in [1.29, 1.82) is 0 Å². The average Bonchev–Trinajstić information content (AvgIpc) is 2.33. The fraction of sp³-hybridized carbons (Fsp3) is 1.00. The Morgan fingerprint density at radius 3 is 1.67 bits per heavy atom. The van der Waals surface area contributed by atoms with Gasteiger partial charge in [-0.25, -0.2) is 4.18 Å². The molecular weight excluding hydrogens is 288 g/mol. The molecule has 0 saturated carbocycles. The van der Waals surface area contributed by atoms with Gasteiger partial charge in [0, 0.05) is 0 Å². The molecule has 128 valence electrons. The fourth-order valence-electron chi connectivity index (χ4n) is 2.57. The molecule has 5 heteroatoms. The Morgan fingerprint density at radius 2 is 1.24 bits per heavy atom. The third-order valence-corrected chi connectivity index (χ3v) is 4.41. The monoisotopic (exact) mass is 322 g/mol. The quantitative estimate of drug-likeness (QED) is 0.389. The number of hydrogen-bond donors (Lipinski definition) is 1. The van der Waals surface area contributed by atoms with Crippen LogP contribution in [0.5, 0.6) is 0 Å². The highest BCUT2D eigenvalue weighted by atomic mass is 32.3. The van der Waals surface area contributed by atoms with Crippen LogP contribution in [0.2, 0.25) is 0 Å². The zero-order chi connectivity index (χ0) is 16.3. The Kier molecular flexibility index (Phi) is 11.4. The number of rotatable bonds is 13. The van der Waals surface area contributed by atoms with E-state index in [2.05, 4.69) is 31.9 Å². The summed E-state index contributed by atoms with van der Waals surface area (Å²) in [6.07, 6.45) is 9.31. The van der Waals surface area contributed by atoms with Crippen LogP contribution < -0.4 is 0 Å². The fourth-order valence-corrected chi connectivity index (χ4v) is 2.90. The Balaban J connectivity index is 3.50. The molecule has 0 heterocycles. The van der Waals surface area contributed by atoms with Crippen molar-refractivity contribution in [3.63, 3.8) is 0 Å². The summed E-state index contributed by atoms with van der Waals surface area (Å²) in [5.41, 5.74) is 0. The van der Waals surface area contributed by atoms with Crippen molar-refractivity contribution in [2.45, 2.75) is 79.1 Å². The lowest BCUT2D eigenvalue weighted by Crippen LogP contribution is -2.06. The van der Waals surface area contributed by atoms with Crippen LogP contribution in [-0.2, 0) is 14.6 Å². The molecule has 0 radical (unpaired) electrons. The summed E-state index contributed by atoms with van der Waals surface area (Å²) in [4.78, 5) is 0. The first-order chi connectivity index (χ1) is 9.70. The maximum absolute atomic E-state index is 10.4. The van der Waals surface area contributed by atoms with E-state index < -0.39 is 10.4 Å². The van der Waals surface area contributed by atoms with Crippen molar-refractivity contribution < 1.29 is 17.2 Å². The van der Waals surface area contributed by atoms with Gasteiger partial charge in [0.05, 0.1) is 6.61 Å². The second-order valence-electron chi connectivity index (χ2n) is 6.86. The largest absolute Gasteiger partial charge is 0.397 e. The summed E-state index contributed by atoms with van der Waals surface area (Å²) in [6, 6.07) is 0. The predicted octanol–water partition coefficient (Wildman–Crippen LogP) is 4.85. The topological polar surface area (TPSA) is 63.6 Å². The molecule has 0 aliphatic heterocycles. The minimum atomic E-state index is -4.27. The van der Waals surface area contributed by atoms with E-state index in [1.807, 2.05) is 0 Å². The van der Waals surface area contributed by atoms with Gasteiger partial charge in [0.25, 0.3) is 0 Å². The van der Waals surface area contributed by atoms with Crippen LogP contribution in [0.4, 0.5) is 0 Å².